The Morgan fingerprint density at radius 1 is 0.921 bits per heavy atom. The third kappa shape index (κ3) is 10.8. The van der Waals surface area contributed by atoms with Crippen LogP contribution in [0.15, 0.2) is 41.5 Å². The number of aromatic amines is 1. The van der Waals surface area contributed by atoms with Gasteiger partial charge in [0.2, 0.25) is 0 Å². The number of nitrogens with one attached hydrogen (secondary N) is 4. The first kappa shape index (κ1) is 29.9. The number of nitrogens with zero attached hydrogens (tertiary/aromatic N) is 3. The van der Waals surface area contributed by atoms with Gasteiger partial charge in [-0.05, 0) is 65.8 Å². The largest absolute Gasteiger partial charge is 0.444 e. The molecule has 0 saturated carbocycles. The molecule has 3 rings (SSSR count). The Kier molecular flexibility index (Phi) is 10.5. The monoisotopic (exact) mass is 530 g/mol. The number of nitrogens with two attached hydrogens (primary N) is 1. The van der Waals surface area contributed by atoms with Crippen LogP contribution in [-0.4, -0.2) is 62.5 Å². The summed E-state index contributed by atoms with van der Waals surface area (Å²) in [6.45, 7) is 12.4. The number of nitrogen functional groups attached to an aromatic ring is 1. The molecule has 0 atom stereocenters. The lowest BCUT2D eigenvalue weighted by Crippen LogP contribution is -2.35. The summed E-state index contributed by atoms with van der Waals surface area (Å²) in [4.78, 5) is 45.5. The van der Waals surface area contributed by atoms with Crippen LogP contribution in [0.5, 0.6) is 0 Å². The first-order chi connectivity index (χ1) is 17.7. The summed E-state index contributed by atoms with van der Waals surface area (Å²) in [5, 5.41) is 8.27. The number of hydrogen-bond acceptors (Lipinski definition) is 9. The summed E-state index contributed by atoms with van der Waals surface area (Å²) in [5.74, 6) is 0.614. The lowest BCUT2D eigenvalue weighted by molar-refractivity contribution is 0.0516. The van der Waals surface area contributed by atoms with E-state index in [2.05, 4.69) is 30.9 Å². The molecule has 0 aliphatic heterocycles. The number of hydrogen-bond donors (Lipinski definition) is 5. The van der Waals surface area contributed by atoms with Crippen molar-refractivity contribution >= 4 is 34.9 Å². The van der Waals surface area contributed by atoms with Crippen molar-refractivity contribution in [2.45, 2.75) is 59.3 Å². The van der Waals surface area contributed by atoms with E-state index in [1.165, 1.54) is 4.57 Å². The van der Waals surface area contributed by atoms with E-state index in [1.807, 2.05) is 20.8 Å². The molecule has 0 fully saturated rings. The van der Waals surface area contributed by atoms with Crippen LogP contribution in [0, 0.1) is 0 Å². The number of H-pyrrole nitrogens is 1. The second-order valence-corrected chi connectivity index (χ2v) is 10.2. The van der Waals surface area contributed by atoms with Crippen LogP contribution in [0.4, 0.5) is 21.1 Å². The predicted octanol–water partition coefficient (Wildman–Crippen LogP) is 2.85. The lowest BCUT2D eigenvalue weighted by Gasteiger charge is -2.19. The van der Waals surface area contributed by atoms with E-state index in [0.29, 0.717) is 48.8 Å². The molecule has 0 aliphatic carbocycles. The number of amides is 2. The highest BCUT2D eigenvalue weighted by molar-refractivity contribution is 5.70. The summed E-state index contributed by atoms with van der Waals surface area (Å²) in [5.41, 5.74) is 6.27. The maximum Gasteiger partial charge on any atom is 0.407 e. The number of ether oxygens (including phenoxy) is 2. The van der Waals surface area contributed by atoms with E-state index in [-0.39, 0.29) is 5.69 Å². The van der Waals surface area contributed by atoms with Gasteiger partial charge in [-0.3, -0.25) is 4.57 Å². The van der Waals surface area contributed by atoms with Crippen LogP contribution >= 0.6 is 0 Å². The van der Waals surface area contributed by atoms with E-state index < -0.39 is 23.4 Å². The molecular weight excluding hydrogens is 492 g/mol. The summed E-state index contributed by atoms with van der Waals surface area (Å²) < 4.78 is 11.7. The lowest BCUT2D eigenvalue weighted by atomic mass is 10.2. The van der Waals surface area contributed by atoms with Gasteiger partial charge in [0, 0.05) is 38.6 Å². The maximum absolute atomic E-state index is 11.8. The molecular formula is C25H38N8O5. The van der Waals surface area contributed by atoms with Crippen molar-refractivity contribution in [3.05, 3.63) is 47.1 Å². The zero-order valence-electron chi connectivity index (χ0n) is 22.8. The normalized spacial score (nSPS) is 11.2. The van der Waals surface area contributed by atoms with Gasteiger partial charge in [-0.15, -0.1) is 0 Å². The summed E-state index contributed by atoms with van der Waals surface area (Å²) >= 11 is 0. The van der Waals surface area contributed by atoms with E-state index >= 15 is 0 Å². The number of fused-ring (bicyclic) bond motifs is 1. The fourth-order valence-corrected chi connectivity index (χ4v) is 3.00. The molecule has 2 amide bonds. The second kappa shape index (κ2) is 13.3. The first-order valence-corrected chi connectivity index (χ1v) is 12.2. The SMILES string of the molecule is CC(C)(C)OC(=O)NCCNc1ncccc1N.CC(C)(C)OC(=O)NCCn1c(=O)[nH]c2cccnc21. The third-order valence-corrected chi connectivity index (χ3v) is 4.46. The highest BCUT2D eigenvalue weighted by atomic mass is 16.6. The number of anilines is 2. The van der Waals surface area contributed by atoms with E-state index in [9.17, 15) is 14.4 Å². The molecule has 0 aliphatic rings. The first-order valence-electron chi connectivity index (χ1n) is 12.2. The van der Waals surface area contributed by atoms with Crippen LogP contribution in [0.3, 0.4) is 0 Å². The zero-order chi connectivity index (χ0) is 28.3. The molecule has 13 nitrogen and oxygen atoms in total. The summed E-state index contributed by atoms with van der Waals surface area (Å²) in [6.07, 6.45) is 2.34. The number of carbonyl (C=O) groups excluding carboxylic acids is 2. The Morgan fingerprint density at radius 3 is 2.11 bits per heavy atom. The summed E-state index contributed by atoms with van der Waals surface area (Å²) in [6, 6.07) is 7.05. The minimum absolute atomic E-state index is 0.246. The molecule has 0 spiro atoms. The number of aromatic nitrogens is 4. The molecule has 3 aromatic heterocycles. The number of rotatable bonds is 7. The molecule has 3 heterocycles. The molecule has 3 aromatic rings. The molecule has 6 N–H and O–H groups in total. The number of pyridine rings is 2. The van der Waals surface area contributed by atoms with Crippen molar-refractivity contribution in [3.8, 4) is 0 Å². The van der Waals surface area contributed by atoms with Gasteiger partial charge in [0.05, 0.1) is 11.2 Å². The van der Waals surface area contributed by atoms with E-state index in [4.69, 9.17) is 15.2 Å². The van der Waals surface area contributed by atoms with Crippen LogP contribution in [0.1, 0.15) is 41.5 Å². The standard InChI is InChI=1S/C13H18N4O3.C12H20N4O2/c1-13(2,3)20-12(19)15-7-8-17-10-9(16-11(17)18)5-4-6-14-10;1-12(2,3)18-11(17)16-8-7-15-10-9(13)5-4-6-14-10/h4-6H,7-8H2,1-3H3,(H,15,19)(H,16,18);4-6H,7-8,13H2,1-3H3,(H,14,15)(H,16,17). The van der Waals surface area contributed by atoms with Gasteiger partial charge in [0.25, 0.3) is 0 Å². The molecule has 208 valence electrons. The van der Waals surface area contributed by atoms with E-state index in [1.54, 1.807) is 57.4 Å². The Morgan fingerprint density at radius 2 is 1.50 bits per heavy atom. The maximum atomic E-state index is 11.8. The fourth-order valence-electron chi connectivity index (χ4n) is 3.00. The van der Waals surface area contributed by atoms with Crippen molar-refractivity contribution in [1.82, 2.24) is 30.2 Å². The van der Waals surface area contributed by atoms with Crippen molar-refractivity contribution in [2.24, 2.45) is 0 Å². The fraction of sp³-hybridized carbons (Fsp3) is 0.480. The predicted molar refractivity (Wildman–Crippen MR) is 146 cm³/mol. The third-order valence-electron chi connectivity index (χ3n) is 4.46. The Hall–Kier alpha value is -4.29. The van der Waals surface area contributed by atoms with E-state index in [0.717, 1.165) is 0 Å². The Balaban J connectivity index is 0.000000269. The van der Waals surface area contributed by atoms with Gasteiger partial charge >= 0.3 is 17.9 Å². The number of imidazole rings is 1. The van der Waals surface area contributed by atoms with Gasteiger partial charge < -0.3 is 36.1 Å². The number of alkyl carbamates (subject to hydrolysis) is 2. The van der Waals surface area contributed by atoms with Gasteiger partial charge in [-0.25, -0.2) is 24.4 Å². The average molecular weight is 531 g/mol. The van der Waals surface area contributed by atoms with Crippen molar-refractivity contribution in [3.63, 3.8) is 0 Å². The zero-order valence-corrected chi connectivity index (χ0v) is 22.8. The minimum Gasteiger partial charge on any atom is -0.444 e. The Bertz CT molecular complexity index is 1260. The van der Waals surface area contributed by atoms with Gasteiger partial charge in [0.1, 0.15) is 17.0 Å². The van der Waals surface area contributed by atoms with Gasteiger partial charge in [0.15, 0.2) is 5.65 Å². The average Bonchev–Trinajstić information content (AvgIpc) is 3.11. The Labute approximate surface area is 221 Å². The molecule has 13 heteroatoms. The van der Waals surface area contributed by atoms with Crippen LogP contribution in [0.25, 0.3) is 11.2 Å². The quantitative estimate of drug-likeness (QED) is 0.287. The van der Waals surface area contributed by atoms with Crippen molar-refractivity contribution in [2.75, 3.05) is 30.7 Å². The molecule has 38 heavy (non-hydrogen) atoms. The van der Waals surface area contributed by atoms with Gasteiger partial charge in [-0.1, -0.05) is 0 Å². The molecule has 0 saturated heterocycles. The smallest absolute Gasteiger partial charge is 0.407 e. The molecule has 0 unspecified atom stereocenters. The van der Waals surface area contributed by atoms with Crippen molar-refractivity contribution < 1.29 is 19.1 Å². The minimum atomic E-state index is -0.538. The highest BCUT2D eigenvalue weighted by Crippen LogP contribution is 2.12. The molecule has 0 bridgehead atoms. The molecule has 0 radical (unpaired) electrons. The van der Waals surface area contributed by atoms with Gasteiger partial charge in [-0.2, -0.15) is 0 Å². The van der Waals surface area contributed by atoms with Crippen molar-refractivity contribution in [1.29, 1.82) is 0 Å². The molecule has 0 aromatic carbocycles. The van der Waals surface area contributed by atoms with Crippen LogP contribution < -0.4 is 27.4 Å². The van der Waals surface area contributed by atoms with Crippen LogP contribution in [0.2, 0.25) is 0 Å². The highest BCUT2D eigenvalue weighted by Gasteiger charge is 2.16. The van der Waals surface area contributed by atoms with Crippen LogP contribution in [-0.2, 0) is 16.0 Å². The second-order valence-electron chi connectivity index (χ2n) is 10.2. The topological polar surface area (TPSA) is 178 Å². The number of carbonyl (C=O) groups is 2. The summed E-state index contributed by atoms with van der Waals surface area (Å²) in [7, 11) is 0.